The Kier molecular flexibility index (Phi) is 7.16. The molecule has 0 aromatic heterocycles. The molecule has 1 aromatic carbocycles. The summed E-state index contributed by atoms with van der Waals surface area (Å²) in [5, 5.41) is 20.4. The van der Waals surface area contributed by atoms with Gasteiger partial charge >= 0.3 is 0 Å². The van der Waals surface area contributed by atoms with E-state index in [9.17, 15) is 4.79 Å². The first-order chi connectivity index (χ1) is 11.0. The molecule has 0 aliphatic heterocycles. The third-order valence-corrected chi connectivity index (χ3v) is 2.66. The van der Waals surface area contributed by atoms with E-state index in [1.165, 1.54) is 6.08 Å². The Bertz CT molecular complexity index is 667. The first-order valence-corrected chi connectivity index (χ1v) is 7.21. The highest BCUT2D eigenvalue weighted by molar-refractivity contribution is 6.01. The molecule has 0 aliphatic carbocycles. The fourth-order valence-corrected chi connectivity index (χ4v) is 1.77. The minimum atomic E-state index is -0.426. The molecule has 6 nitrogen and oxygen atoms in total. The minimum Gasteiger partial charge on any atom is -0.490 e. The van der Waals surface area contributed by atoms with Crippen LogP contribution in [0.25, 0.3) is 6.08 Å². The van der Waals surface area contributed by atoms with Crippen LogP contribution in [0.5, 0.6) is 11.5 Å². The summed E-state index contributed by atoms with van der Waals surface area (Å²) in [6.07, 6.45) is 1.48. The van der Waals surface area contributed by atoms with E-state index in [1.807, 2.05) is 32.9 Å². The van der Waals surface area contributed by atoms with Gasteiger partial charge in [0.1, 0.15) is 17.7 Å². The van der Waals surface area contributed by atoms with Gasteiger partial charge in [0.15, 0.2) is 18.1 Å². The molecular weight excluding hydrogens is 294 g/mol. The Labute approximate surface area is 135 Å². The highest BCUT2D eigenvalue weighted by atomic mass is 16.5. The topological polar surface area (TPSA) is 95.1 Å². The van der Waals surface area contributed by atoms with Gasteiger partial charge in [-0.25, -0.2) is 0 Å². The van der Waals surface area contributed by atoms with E-state index in [0.29, 0.717) is 23.7 Å². The van der Waals surface area contributed by atoms with Crippen molar-refractivity contribution in [1.29, 1.82) is 10.5 Å². The molecule has 0 saturated carbocycles. The van der Waals surface area contributed by atoms with E-state index in [2.05, 4.69) is 5.32 Å². The maximum absolute atomic E-state index is 11.9. The summed E-state index contributed by atoms with van der Waals surface area (Å²) in [5.41, 5.74) is 0.639. The zero-order valence-electron chi connectivity index (χ0n) is 13.4. The molecule has 1 amide bonds. The van der Waals surface area contributed by atoms with Crippen molar-refractivity contribution >= 4 is 12.0 Å². The van der Waals surface area contributed by atoms with Gasteiger partial charge in [-0.3, -0.25) is 4.79 Å². The van der Waals surface area contributed by atoms with Crippen molar-refractivity contribution in [3.8, 4) is 23.6 Å². The summed E-state index contributed by atoms with van der Waals surface area (Å²) < 4.78 is 10.7. The Balaban J connectivity index is 3.10. The first kappa shape index (κ1) is 18.1. The molecule has 0 fully saturated rings. The number of nitrogens with one attached hydrogen (secondary N) is 1. The number of rotatable bonds is 7. The summed E-state index contributed by atoms with van der Waals surface area (Å²) in [5.74, 6) is 0.471. The molecular formula is C17H19N3O3. The Morgan fingerprint density at radius 2 is 2.04 bits per heavy atom. The molecule has 1 N–H and O–H groups in total. The van der Waals surface area contributed by atoms with E-state index < -0.39 is 5.91 Å². The van der Waals surface area contributed by atoms with Crippen LogP contribution in [0.3, 0.4) is 0 Å². The SMILES string of the molecule is CCOc1cc(/C=C(/C#N)C(=O)NC(C)C)ccc1OCC#N. The van der Waals surface area contributed by atoms with Crippen LogP contribution in [0.2, 0.25) is 0 Å². The van der Waals surface area contributed by atoms with Gasteiger partial charge in [-0.1, -0.05) is 6.07 Å². The number of hydrogen-bond acceptors (Lipinski definition) is 5. The standard InChI is InChI=1S/C17H19N3O3/c1-4-22-16-10-13(5-6-15(16)23-8-7-18)9-14(11-19)17(21)20-12(2)3/h5-6,9-10,12H,4,8H2,1-3H3,(H,20,21)/b14-9-. The third-order valence-electron chi connectivity index (χ3n) is 2.66. The number of hydrogen-bond donors (Lipinski definition) is 1. The van der Waals surface area contributed by atoms with Gasteiger partial charge in [0.05, 0.1) is 6.61 Å². The molecule has 0 unspecified atom stereocenters. The van der Waals surface area contributed by atoms with Gasteiger partial charge in [0.2, 0.25) is 0 Å². The van der Waals surface area contributed by atoms with Gasteiger partial charge in [-0.2, -0.15) is 10.5 Å². The Morgan fingerprint density at radius 1 is 1.30 bits per heavy atom. The lowest BCUT2D eigenvalue weighted by Crippen LogP contribution is -2.30. The van der Waals surface area contributed by atoms with Crippen LogP contribution in [0, 0.1) is 22.7 Å². The van der Waals surface area contributed by atoms with Crippen molar-refractivity contribution in [1.82, 2.24) is 5.32 Å². The van der Waals surface area contributed by atoms with Gasteiger partial charge in [0, 0.05) is 6.04 Å². The van der Waals surface area contributed by atoms with Crippen molar-refractivity contribution in [2.45, 2.75) is 26.8 Å². The summed E-state index contributed by atoms with van der Waals surface area (Å²) in [6, 6.07) is 8.72. The number of amides is 1. The van der Waals surface area contributed by atoms with Crippen LogP contribution < -0.4 is 14.8 Å². The van der Waals surface area contributed by atoms with Crippen molar-refractivity contribution < 1.29 is 14.3 Å². The predicted molar refractivity (Wildman–Crippen MR) is 85.6 cm³/mol. The van der Waals surface area contributed by atoms with Crippen LogP contribution in [-0.2, 0) is 4.79 Å². The average molecular weight is 313 g/mol. The van der Waals surface area contributed by atoms with Crippen LogP contribution in [0.1, 0.15) is 26.3 Å². The normalized spacial score (nSPS) is 10.6. The summed E-state index contributed by atoms with van der Waals surface area (Å²) in [4.78, 5) is 11.9. The number of carbonyl (C=O) groups excluding carboxylic acids is 1. The molecule has 1 aromatic rings. The second kappa shape index (κ2) is 9.11. The molecule has 0 heterocycles. The molecule has 0 spiro atoms. The van der Waals surface area contributed by atoms with Crippen molar-refractivity contribution in [2.75, 3.05) is 13.2 Å². The van der Waals surface area contributed by atoms with Crippen molar-refractivity contribution in [3.05, 3.63) is 29.3 Å². The van der Waals surface area contributed by atoms with E-state index in [4.69, 9.17) is 20.0 Å². The molecule has 120 valence electrons. The molecule has 0 radical (unpaired) electrons. The van der Waals surface area contributed by atoms with Crippen LogP contribution in [0.4, 0.5) is 0 Å². The van der Waals surface area contributed by atoms with E-state index >= 15 is 0 Å². The molecule has 0 saturated heterocycles. The van der Waals surface area contributed by atoms with Gasteiger partial charge in [-0.05, 0) is 44.5 Å². The maximum atomic E-state index is 11.9. The number of nitrogens with zero attached hydrogens (tertiary/aromatic N) is 2. The summed E-state index contributed by atoms with van der Waals surface area (Å²) in [6.45, 7) is 5.81. The average Bonchev–Trinajstić information content (AvgIpc) is 2.51. The summed E-state index contributed by atoms with van der Waals surface area (Å²) >= 11 is 0. The van der Waals surface area contributed by atoms with E-state index in [-0.39, 0.29) is 18.2 Å². The van der Waals surface area contributed by atoms with E-state index in [0.717, 1.165) is 0 Å². The van der Waals surface area contributed by atoms with Crippen LogP contribution >= 0.6 is 0 Å². The maximum Gasteiger partial charge on any atom is 0.262 e. The highest BCUT2D eigenvalue weighted by Crippen LogP contribution is 2.29. The summed E-state index contributed by atoms with van der Waals surface area (Å²) in [7, 11) is 0. The lowest BCUT2D eigenvalue weighted by atomic mass is 10.1. The lowest BCUT2D eigenvalue weighted by Gasteiger charge is -2.11. The molecule has 0 atom stereocenters. The molecule has 0 aliphatic rings. The number of carbonyl (C=O) groups is 1. The zero-order valence-corrected chi connectivity index (χ0v) is 13.4. The first-order valence-electron chi connectivity index (χ1n) is 7.21. The molecule has 23 heavy (non-hydrogen) atoms. The number of nitriles is 2. The second-order valence-electron chi connectivity index (χ2n) is 4.88. The number of ether oxygens (including phenoxy) is 2. The Hall–Kier alpha value is -2.99. The monoisotopic (exact) mass is 313 g/mol. The zero-order chi connectivity index (χ0) is 17.2. The largest absolute Gasteiger partial charge is 0.490 e. The number of benzene rings is 1. The predicted octanol–water partition coefficient (Wildman–Crippen LogP) is 2.42. The minimum absolute atomic E-state index is 0.00633. The molecule has 1 rings (SSSR count). The van der Waals surface area contributed by atoms with Crippen molar-refractivity contribution in [3.63, 3.8) is 0 Å². The van der Waals surface area contributed by atoms with E-state index in [1.54, 1.807) is 18.2 Å². The van der Waals surface area contributed by atoms with Crippen molar-refractivity contribution in [2.24, 2.45) is 0 Å². The quantitative estimate of drug-likeness (QED) is 0.616. The van der Waals surface area contributed by atoms with Gasteiger partial charge < -0.3 is 14.8 Å². The fourth-order valence-electron chi connectivity index (χ4n) is 1.77. The van der Waals surface area contributed by atoms with Crippen LogP contribution in [-0.4, -0.2) is 25.2 Å². The second-order valence-corrected chi connectivity index (χ2v) is 4.88. The third kappa shape index (κ3) is 5.72. The van der Waals surface area contributed by atoms with Gasteiger partial charge in [-0.15, -0.1) is 0 Å². The highest BCUT2D eigenvalue weighted by Gasteiger charge is 2.11. The molecule has 6 heteroatoms. The fraction of sp³-hybridized carbons (Fsp3) is 0.353. The molecule has 0 bridgehead atoms. The Morgan fingerprint density at radius 3 is 2.61 bits per heavy atom. The smallest absolute Gasteiger partial charge is 0.262 e. The van der Waals surface area contributed by atoms with Crippen LogP contribution in [0.15, 0.2) is 23.8 Å². The van der Waals surface area contributed by atoms with Gasteiger partial charge in [0.25, 0.3) is 5.91 Å². The lowest BCUT2D eigenvalue weighted by molar-refractivity contribution is -0.117.